The Kier molecular flexibility index (Phi) is 8.98. The Bertz CT molecular complexity index is 879. The van der Waals surface area contributed by atoms with Gasteiger partial charge in [0.25, 0.3) is 5.91 Å². The van der Waals surface area contributed by atoms with Gasteiger partial charge in [0.15, 0.2) is 6.73 Å². The van der Waals surface area contributed by atoms with Gasteiger partial charge in [0.1, 0.15) is 5.75 Å². The topological polar surface area (TPSA) is 140 Å². The molecule has 2 aromatic rings. The molecule has 3 amide bonds. The highest BCUT2D eigenvalue weighted by molar-refractivity contribution is 5.93. The van der Waals surface area contributed by atoms with Crippen LogP contribution in [0, 0.1) is 0 Å². The Morgan fingerprint density at radius 1 is 1.17 bits per heavy atom. The van der Waals surface area contributed by atoms with E-state index in [1.165, 1.54) is 0 Å². The maximum atomic E-state index is 12.8. The predicted octanol–water partition coefficient (Wildman–Crippen LogP) is 4.29. The van der Waals surface area contributed by atoms with Crippen LogP contribution in [0.4, 0.5) is 10.5 Å². The molecule has 0 saturated carbocycles. The second kappa shape index (κ2) is 11.9. The number of hydroxylamine groups is 1. The fourth-order valence-corrected chi connectivity index (χ4v) is 2.61. The van der Waals surface area contributed by atoms with Gasteiger partial charge in [-0.15, -0.1) is 0 Å². The van der Waals surface area contributed by atoms with E-state index in [1.54, 1.807) is 58.9 Å². The fourth-order valence-electron chi connectivity index (χ4n) is 2.61. The Morgan fingerprint density at radius 2 is 1.87 bits per heavy atom. The van der Waals surface area contributed by atoms with E-state index in [0.717, 1.165) is 18.4 Å². The van der Waals surface area contributed by atoms with E-state index in [0.29, 0.717) is 30.1 Å². The smallest absolute Gasteiger partial charge is 0.322 e. The molecule has 0 atom stereocenters. The van der Waals surface area contributed by atoms with Crippen LogP contribution in [0.1, 0.15) is 35.7 Å². The average molecular weight is 412 g/mol. The Balaban J connectivity index is 2.02. The minimum Gasteiger partial charge on any atom is -0.488 e. The van der Waals surface area contributed by atoms with Crippen molar-refractivity contribution in [1.29, 1.82) is 0 Å². The van der Waals surface area contributed by atoms with Crippen LogP contribution in [0.2, 0.25) is 0 Å². The summed E-state index contributed by atoms with van der Waals surface area (Å²) in [7, 11) is 0. The highest BCUT2D eigenvalue weighted by Crippen LogP contribution is 2.17. The van der Waals surface area contributed by atoms with Crippen LogP contribution < -0.4 is 15.5 Å². The highest BCUT2D eigenvalue weighted by atomic mass is 16.5. The standard InChI is InChI=1S/C20H24N6O4/c1-2-3-12-26(13-15-4-6-16(7-5-15)19(27)24-29)20(28)23-17-8-10-18(11-9-17)30-14-22-25-21/h4-11,29H,2-3,12-14H2,1H3,(H,23,28)(H,24,27). The van der Waals surface area contributed by atoms with Gasteiger partial charge in [-0.05, 0) is 53.9 Å². The van der Waals surface area contributed by atoms with Crippen LogP contribution in [0.15, 0.2) is 53.6 Å². The third-order valence-corrected chi connectivity index (χ3v) is 4.22. The fraction of sp³-hybridized carbons (Fsp3) is 0.300. The summed E-state index contributed by atoms with van der Waals surface area (Å²) in [5.74, 6) is -0.0655. The van der Waals surface area contributed by atoms with Crippen LogP contribution in [0.5, 0.6) is 5.75 Å². The van der Waals surface area contributed by atoms with Crippen molar-refractivity contribution in [2.45, 2.75) is 26.3 Å². The van der Waals surface area contributed by atoms with Gasteiger partial charge in [-0.3, -0.25) is 10.0 Å². The van der Waals surface area contributed by atoms with Gasteiger partial charge < -0.3 is 15.0 Å². The molecule has 0 saturated heterocycles. The summed E-state index contributed by atoms with van der Waals surface area (Å²) in [6.45, 7) is 2.90. The van der Waals surface area contributed by atoms with Crippen molar-refractivity contribution in [3.05, 3.63) is 70.1 Å². The number of urea groups is 1. The van der Waals surface area contributed by atoms with Crippen LogP contribution in [0.25, 0.3) is 10.4 Å². The number of hydrogen-bond donors (Lipinski definition) is 3. The number of benzene rings is 2. The molecule has 2 aromatic carbocycles. The first-order valence-electron chi connectivity index (χ1n) is 9.40. The van der Waals surface area contributed by atoms with Gasteiger partial charge in [0, 0.05) is 29.3 Å². The molecule has 0 radical (unpaired) electrons. The number of hydrogen-bond acceptors (Lipinski definition) is 5. The number of nitrogens with one attached hydrogen (secondary N) is 2. The lowest BCUT2D eigenvalue weighted by Crippen LogP contribution is -2.35. The maximum absolute atomic E-state index is 12.8. The average Bonchev–Trinajstić information content (AvgIpc) is 2.77. The lowest BCUT2D eigenvalue weighted by molar-refractivity contribution is 0.0706. The molecule has 2 rings (SSSR count). The summed E-state index contributed by atoms with van der Waals surface area (Å²) < 4.78 is 5.23. The molecular weight excluding hydrogens is 388 g/mol. The molecule has 30 heavy (non-hydrogen) atoms. The zero-order chi connectivity index (χ0) is 21.8. The molecule has 158 valence electrons. The third kappa shape index (κ3) is 7.01. The van der Waals surface area contributed by atoms with Crippen molar-refractivity contribution in [3.8, 4) is 5.75 Å². The first-order chi connectivity index (χ1) is 14.6. The van der Waals surface area contributed by atoms with Crippen molar-refractivity contribution < 1.29 is 19.5 Å². The van der Waals surface area contributed by atoms with Crippen LogP contribution in [-0.4, -0.2) is 35.3 Å². The molecular formula is C20H24N6O4. The van der Waals surface area contributed by atoms with Gasteiger partial charge in [-0.1, -0.05) is 30.6 Å². The number of nitrogens with zero attached hydrogens (tertiary/aromatic N) is 4. The largest absolute Gasteiger partial charge is 0.488 e. The zero-order valence-electron chi connectivity index (χ0n) is 16.6. The SMILES string of the molecule is CCCCN(Cc1ccc(C(=O)NO)cc1)C(=O)Nc1ccc(OCN=[N+]=[N-])cc1. The summed E-state index contributed by atoms with van der Waals surface area (Å²) in [5.41, 5.74) is 11.6. The maximum Gasteiger partial charge on any atom is 0.322 e. The predicted molar refractivity (Wildman–Crippen MR) is 111 cm³/mol. The van der Waals surface area contributed by atoms with Crippen molar-refractivity contribution in [1.82, 2.24) is 10.4 Å². The molecule has 10 nitrogen and oxygen atoms in total. The highest BCUT2D eigenvalue weighted by Gasteiger charge is 2.14. The molecule has 0 aliphatic rings. The lowest BCUT2D eigenvalue weighted by Gasteiger charge is -2.23. The molecule has 0 aromatic heterocycles. The molecule has 0 heterocycles. The normalized spacial score (nSPS) is 9.93. The van der Waals surface area contributed by atoms with E-state index in [1.807, 2.05) is 6.92 Å². The number of ether oxygens (including phenoxy) is 1. The Labute approximate surface area is 174 Å². The van der Waals surface area contributed by atoms with Gasteiger partial charge in [-0.2, -0.15) is 0 Å². The first kappa shape index (κ1) is 22.5. The molecule has 0 bridgehead atoms. The van der Waals surface area contributed by atoms with Gasteiger partial charge in [-0.25, -0.2) is 10.3 Å². The summed E-state index contributed by atoms with van der Waals surface area (Å²) in [6, 6.07) is 13.2. The molecule has 0 aliphatic carbocycles. The number of rotatable bonds is 10. The summed E-state index contributed by atoms with van der Waals surface area (Å²) >= 11 is 0. The number of carbonyl (C=O) groups excluding carboxylic acids is 2. The molecule has 10 heteroatoms. The minimum absolute atomic E-state index is 0.105. The molecule has 3 N–H and O–H groups in total. The molecule has 0 aliphatic heterocycles. The third-order valence-electron chi connectivity index (χ3n) is 4.22. The van der Waals surface area contributed by atoms with Crippen LogP contribution >= 0.6 is 0 Å². The van der Waals surface area contributed by atoms with Crippen molar-refractivity contribution in [3.63, 3.8) is 0 Å². The lowest BCUT2D eigenvalue weighted by atomic mass is 10.1. The number of carbonyl (C=O) groups is 2. The van der Waals surface area contributed by atoms with Gasteiger partial charge in [0.2, 0.25) is 0 Å². The van der Waals surface area contributed by atoms with Gasteiger partial charge in [0.05, 0.1) is 0 Å². The van der Waals surface area contributed by atoms with E-state index >= 15 is 0 Å². The monoisotopic (exact) mass is 412 g/mol. The molecule has 0 unspecified atom stereocenters. The van der Waals surface area contributed by atoms with E-state index in [9.17, 15) is 9.59 Å². The Morgan fingerprint density at radius 3 is 2.47 bits per heavy atom. The number of anilines is 1. The second-order valence-electron chi connectivity index (χ2n) is 6.37. The first-order valence-corrected chi connectivity index (χ1v) is 9.40. The number of azide groups is 1. The van der Waals surface area contributed by atoms with Crippen LogP contribution in [0.3, 0.4) is 0 Å². The molecule has 0 fully saturated rings. The second-order valence-corrected chi connectivity index (χ2v) is 6.37. The minimum atomic E-state index is -0.589. The molecule has 0 spiro atoms. The van der Waals surface area contributed by atoms with Crippen molar-refractivity contribution in [2.75, 3.05) is 18.6 Å². The summed E-state index contributed by atoms with van der Waals surface area (Å²) in [5, 5.41) is 14.9. The number of amides is 3. The zero-order valence-corrected chi connectivity index (χ0v) is 16.6. The van der Waals surface area contributed by atoms with Crippen LogP contribution in [-0.2, 0) is 6.54 Å². The van der Waals surface area contributed by atoms with E-state index in [2.05, 4.69) is 15.3 Å². The summed E-state index contributed by atoms with van der Waals surface area (Å²) in [6.07, 6.45) is 1.79. The van der Waals surface area contributed by atoms with Gasteiger partial charge >= 0.3 is 6.03 Å². The van der Waals surface area contributed by atoms with E-state index in [-0.39, 0.29) is 12.8 Å². The van der Waals surface area contributed by atoms with Crippen molar-refractivity contribution >= 4 is 17.6 Å². The number of unbranched alkanes of at least 4 members (excludes halogenated alkanes) is 1. The summed E-state index contributed by atoms with van der Waals surface area (Å²) in [4.78, 5) is 28.5. The quantitative estimate of drug-likeness (QED) is 0.176. The van der Waals surface area contributed by atoms with E-state index in [4.69, 9.17) is 15.5 Å². The Hall–Kier alpha value is -3.75. The van der Waals surface area contributed by atoms with Crippen molar-refractivity contribution in [2.24, 2.45) is 5.11 Å². The van der Waals surface area contributed by atoms with E-state index < -0.39 is 5.91 Å².